The molecule has 30 heavy (non-hydrogen) atoms. The van der Waals surface area contributed by atoms with Crippen LogP contribution in [-0.2, 0) is 21.4 Å². The molecule has 1 atom stereocenters. The van der Waals surface area contributed by atoms with Gasteiger partial charge in [-0.3, -0.25) is 19.4 Å². The van der Waals surface area contributed by atoms with E-state index >= 15 is 0 Å². The van der Waals surface area contributed by atoms with Crippen molar-refractivity contribution in [2.45, 2.75) is 30.8 Å². The second-order valence-corrected chi connectivity index (χ2v) is 9.35. The highest BCUT2D eigenvalue weighted by Gasteiger charge is 2.32. The number of amidine groups is 1. The molecule has 0 aromatic heterocycles. The summed E-state index contributed by atoms with van der Waals surface area (Å²) < 4.78 is 27.0. The molecule has 2 aliphatic rings. The van der Waals surface area contributed by atoms with Gasteiger partial charge in [-0.25, -0.2) is 8.42 Å². The van der Waals surface area contributed by atoms with Crippen LogP contribution in [0.3, 0.4) is 0 Å². The van der Waals surface area contributed by atoms with Crippen LogP contribution in [0.2, 0.25) is 0 Å². The molecule has 2 aliphatic heterocycles. The summed E-state index contributed by atoms with van der Waals surface area (Å²) in [6.07, 6.45) is 0.900. The average Bonchev–Trinajstić information content (AvgIpc) is 2.88. The normalized spacial score (nSPS) is 21.0. The number of hydrogen-bond acceptors (Lipinski definition) is 5. The molecule has 2 heterocycles. The Morgan fingerprint density at radius 2 is 1.77 bits per heavy atom. The highest BCUT2D eigenvalue weighted by atomic mass is 32.2. The molecular formula is C22H26N4O3S. The molecule has 4 rings (SSSR count). The third-order valence-corrected chi connectivity index (χ3v) is 6.89. The number of carbonyl (C=O) groups excluding carboxylic acids is 1. The van der Waals surface area contributed by atoms with Gasteiger partial charge in [0.2, 0.25) is 5.91 Å². The second kappa shape index (κ2) is 8.57. The molecule has 7 nitrogen and oxygen atoms in total. The Morgan fingerprint density at radius 1 is 1.03 bits per heavy atom. The number of hydrogen-bond donors (Lipinski definition) is 1. The zero-order valence-electron chi connectivity index (χ0n) is 17.0. The van der Waals surface area contributed by atoms with Crippen LogP contribution >= 0.6 is 0 Å². The SMILES string of the molecule is C[C@H](N=C1NS(=O)(=O)c2ccccc21)C(=O)N1CCCN(Cc2ccccc2)CC1. The molecule has 0 radical (unpaired) electrons. The van der Waals surface area contributed by atoms with Gasteiger partial charge in [0.25, 0.3) is 10.0 Å². The molecule has 0 spiro atoms. The van der Waals surface area contributed by atoms with Gasteiger partial charge >= 0.3 is 0 Å². The van der Waals surface area contributed by atoms with E-state index in [9.17, 15) is 13.2 Å². The number of aliphatic imine (C=N–C) groups is 1. The zero-order chi connectivity index (χ0) is 21.1. The van der Waals surface area contributed by atoms with Crippen molar-refractivity contribution in [3.05, 3.63) is 65.7 Å². The van der Waals surface area contributed by atoms with E-state index in [1.807, 2.05) is 23.1 Å². The van der Waals surface area contributed by atoms with Crippen LogP contribution in [0.15, 0.2) is 64.5 Å². The number of benzene rings is 2. The highest BCUT2D eigenvalue weighted by Crippen LogP contribution is 2.23. The van der Waals surface area contributed by atoms with Gasteiger partial charge in [-0.05, 0) is 31.0 Å². The predicted molar refractivity (Wildman–Crippen MR) is 116 cm³/mol. The Kier molecular flexibility index (Phi) is 5.87. The van der Waals surface area contributed by atoms with E-state index < -0.39 is 16.1 Å². The number of amides is 1. The van der Waals surface area contributed by atoms with E-state index in [0.29, 0.717) is 18.7 Å². The van der Waals surface area contributed by atoms with Crippen LogP contribution in [0.1, 0.15) is 24.5 Å². The van der Waals surface area contributed by atoms with Crippen LogP contribution in [0, 0.1) is 0 Å². The predicted octanol–water partition coefficient (Wildman–Crippen LogP) is 1.85. The Balaban J connectivity index is 1.42. The van der Waals surface area contributed by atoms with Gasteiger partial charge in [0, 0.05) is 38.3 Å². The standard InChI is InChI=1S/C22H26N4O3S/c1-17(23-21-19-10-5-6-11-20(19)30(28,29)24-21)22(27)26-13-7-12-25(14-15-26)16-18-8-3-2-4-9-18/h2-6,8-11,17H,7,12-16H2,1H3,(H,23,24)/t17-/m0/s1. The molecular weight excluding hydrogens is 400 g/mol. The van der Waals surface area contributed by atoms with E-state index in [0.717, 1.165) is 26.1 Å². The maximum absolute atomic E-state index is 13.0. The van der Waals surface area contributed by atoms with E-state index in [1.165, 1.54) is 5.56 Å². The van der Waals surface area contributed by atoms with Crippen molar-refractivity contribution in [1.29, 1.82) is 0 Å². The molecule has 1 saturated heterocycles. The first kappa shape index (κ1) is 20.6. The van der Waals surface area contributed by atoms with Gasteiger partial charge in [0.1, 0.15) is 11.9 Å². The lowest BCUT2D eigenvalue weighted by atomic mass is 10.2. The minimum absolute atomic E-state index is 0.0763. The minimum Gasteiger partial charge on any atom is -0.340 e. The van der Waals surface area contributed by atoms with Crippen LogP contribution in [-0.4, -0.2) is 62.2 Å². The molecule has 0 unspecified atom stereocenters. The molecule has 1 N–H and O–H groups in total. The number of nitrogens with zero attached hydrogens (tertiary/aromatic N) is 3. The topological polar surface area (TPSA) is 82.1 Å². The summed E-state index contributed by atoms with van der Waals surface area (Å²) in [4.78, 5) is 21.8. The summed E-state index contributed by atoms with van der Waals surface area (Å²) in [6.45, 7) is 5.66. The number of nitrogens with one attached hydrogen (secondary N) is 1. The van der Waals surface area contributed by atoms with Gasteiger partial charge in [-0.1, -0.05) is 42.5 Å². The maximum Gasteiger partial charge on any atom is 0.263 e. The van der Waals surface area contributed by atoms with E-state index in [4.69, 9.17) is 0 Å². The van der Waals surface area contributed by atoms with Crippen LogP contribution in [0.5, 0.6) is 0 Å². The Bertz CT molecular complexity index is 1050. The fourth-order valence-corrected chi connectivity index (χ4v) is 5.17. The first-order chi connectivity index (χ1) is 14.4. The molecule has 8 heteroatoms. The molecule has 0 saturated carbocycles. The molecule has 1 fully saturated rings. The first-order valence-corrected chi connectivity index (χ1v) is 11.7. The molecule has 0 bridgehead atoms. The monoisotopic (exact) mass is 426 g/mol. The van der Waals surface area contributed by atoms with E-state index in [1.54, 1.807) is 31.2 Å². The summed E-state index contributed by atoms with van der Waals surface area (Å²) in [6, 6.07) is 16.4. The van der Waals surface area contributed by atoms with Gasteiger partial charge in [0.05, 0.1) is 4.90 Å². The zero-order valence-corrected chi connectivity index (χ0v) is 17.8. The van der Waals surface area contributed by atoms with Crippen LogP contribution in [0.25, 0.3) is 0 Å². The van der Waals surface area contributed by atoms with Crippen molar-refractivity contribution in [3.8, 4) is 0 Å². The lowest BCUT2D eigenvalue weighted by Crippen LogP contribution is -2.40. The third kappa shape index (κ3) is 4.39. The highest BCUT2D eigenvalue weighted by molar-refractivity contribution is 7.90. The summed E-state index contributed by atoms with van der Waals surface area (Å²) in [5, 5.41) is 0. The number of rotatable bonds is 4. The van der Waals surface area contributed by atoms with Crippen molar-refractivity contribution in [3.63, 3.8) is 0 Å². The van der Waals surface area contributed by atoms with E-state index in [2.05, 4.69) is 26.7 Å². The smallest absolute Gasteiger partial charge is 0.263 e. The Morgan fingerprint density at radius 3 is 2.57 bits per heavy atom. The molecule has 158 valence electrons. The quantitative estimate of drug-likeness (QED) is 0.809. The number of sulfonamides is 1. The summed E-state index contributed by atoms with van der Waals surface area (Å²) in [5.74, 6) is 0.166. The second-order valence-electron chi connectivity index (χ2n) is 7.70. The fraction of sp³-hybridized carbons (Fsp3) is 0.364. The third-order valence-electron chi connectivity index (χ3n) is 5.49. The molecule has 1 amide bonds. The number of fused-ring (bicyclic) bond motifs is 1. The summed E-state index contributed by atoms with van der Waals surface area (Å²) >= 11 is 0. The number of carbonyl (C=O) groups is 1. The summed E-state index contributed by atoms with van der Waals surface area (Å²) in [5.41, 5.74) is 1.78. The van der Waals surface area contributed by atoms with Gasteiger partial charge in [-0.15, -0.1) is 0 Å². The minimum atomic E-state index is -3.61. The lowest BCUT2D eigenvalue weighted by Gasteiger charge is -2.23. The fourth-order valence-electron chi connectivity index (χ4n) is 3.93. The van der Waals surface area contributed by atoms with Gasteiger partial charge in [-0.2, -0.15) is 0 Å². The molecule has 2 aromatic carbocycles. The van der Waals surface area contributed by atoms with Crippen LogP contribution < -0.4 is 4.72 Å². The largest absolute Gasteiger partial charge is 0.340 e. The maximum atomic E-state index is 13.0. The van der Waals surface area contributed by atoms with Crippen molar-refractivity contribution in [2.24, 2.45) is 4.99 Å². The Labute approximate surface area is 177 Å². The van der Waals surface area contributed by atoms with Gasteiger partial charge in [0.15, 0.2) is 0 Å². The van der Waals surface area contributed by atoms with Crippen LogP contribution in [0.4, 0.5) is 0 Å². The van der Waals surface area contributed by atoms with Crippen molar-refractivity contribution >= 4 is 21.8 Å². The lowest BCUT2D eigenvalue weighted by molar-refractivity contribution is -0.132. The van der Waals surface area contributed by atoms with Crippen molar-refractivity contribution in [1.82, 2.24) is 14.5 Å². The van der Waals surface area contributed by atoms with E-state index in [-0.39, 0.29) is 16.6 Å². The van der Waals surface area contributed by atoms with Crippen molar-refractivity contribution in [2.75, 3.05) is 26.2 Å². The molecule has 0 aliphatic carbocycles. The van der Waals surface area contributed by atoms with Gasteiger partial charge < -0.3 is 4.90 Å². The Hall–Kier alpha value is -2.71. The molecule has 2 aromatic rings. The summed E-state index contributed by atoms with van der Waals surface area (Å²) in [7, 11) is -3.61. The van der Waals surface area contributed by atoms with Crippen molar-refractivity contribution < 1.29 is 13.2 Å². The first-order valence-electron chi connectivity index (χ1n) is 10.2. The average molecular weight is 427 g/mol.